The number of hydrogen-bond donors (Lipinski definition) is 0. The third-order valence-electron chi connectivity index (χ3n) is 3.61. The Morgan fingerprint density at radius 2 is 1.95 bits per heavy atom. The Bertz CT molecular complexity index is 773. The van der Waals surface area contributed by atoms with Gasteiger partial charge in [0.15, 0.2) is 0 Å². The molecule has 2 aromatic heterocycles. The van der Waals surface area contributed by atoms with Crippen LogP contribution in [0.25, 0.3) is 11.3 Å². The molecule has 5 heteroatoms. The second kappa shape index (κ2) is 5.97. The Balaban J connectivity index is 2.18. The molecule has 5 nitrogen and oxygen atoms in total. The molecule has 0 aliphatic rings. The highest BCUT2D eigenvalue weighted by molar-refractivity contribution is 5.84. The minimum atomic E-state index is -0.269. The third-order valence-corrected chi connectivity index (χ3v) is 3.61. The average molecular weight is 294 g/mol. The molecule has 0 fully saturated rings. The van der Waals surface area contributed by atoms with E-state index in [2.05, 4.69) is 17.1 Å². The van der Waals surface area contributed by atoms with Crippen LogP contribution in [-0.4, -0.2) is 25.6 Å². The summed E-state index contributed by atoms with van der Waals surface area (Å²) in [6.45, 7) is 4.07. The zero-order valence-corrected chi connectivity index (χ0v) is 12.7. The van der Waals surface area contributed by atoms with Crippen LogP contribution in [0, 0.1) is 6.92 Å². The third kappa shape index (κ3) is 2.45. The number of benzene rings is 1. The number of aromatic nitrogens is 4. The molecule has 0 amide bonds. The van der Waals surface area contributed by atoms with Crippen LogP contribution in [0.3, 0.4) is 0 Å². The number of carbonyl (C=O) groups excluding carboxylic acids is 1. The molecule has 1 aromatic carbocycles. The first-order chi connectivity index (χ1) is 10.7. The van der Waals surface area contributed by atoms with Crippen LogP contribution in [0.15, 0.2) is 48.8 Å². The van der Waals surface area contributed by atoms with Crippen LogP contribution in [0.5, 0.6) is 0 Å². The first kappa shape index (κ1) is 14.3. The highest BCUT2D eigenvalue weighted by Gasteiger charge is 2.21. The Labute approximate surface area is 129 Å². The standard InChI is InChI=1S/C17H18N4O/c1-3-8-15-13(2)19-21(17(22)20-12-7-11-18-20)16(15)14-9-5-4-6-10-14/h4-7,9-12H,3,8H2,1-2H3. The number of hydrogen-bond acceptors (Lipinski definition) is 3. The van der Waals surface area contributed by atoms with E-state index in [1.54, 1.807) is 18.5 Å². The summed E-state index contributed by atoms with van der Waals surface area (Å²) in [4.78, 5) is 12.7. The second-order valence-corrected chi connectivity index (χ2v) is 5.17. The Kier molecular flexibility index (Phi) is 3.87. The molecule has 0 aliphatic carbocycles. The lowest BCUT2D eigenvalue weighted by molar-refractivity contribution is 0.238. The maximum Gasteiger partial charge on any atom is 0.369 e. The topological polar surface area (TPSA) is 52.7 Å². The molecular weight excluding hydrogens is 276 g/mol. The van der Waals surface area contributed by atoms with Crippen molar-refractivity contribution in [2.24, 2.45) is 0 Å². The van der Waals surface area contributed by atoms with Gasteiger partial charge in [0.25, 0.3) is 0 Å². The van der Waals surface area contributed by atoms with Gasteiger partial charge in [-0.25, -0.2) is 4.79 Å². The summed E-state index contributed by atoms with van der Waals surface area (Å²) in [6, 6.07) is 11.4. The highest BCUT2D eigenvalue weighted by atomic mass is 16.2. The minimum Gasteiger partial charge on any atom is -0.244 e. The SMILES string of the molecule is CCCc1c(C)nn(C(=O)n2cccn2)c1-c1ccccc1. The van der Waals surface area contributed by atoms with E-state index in [0.717, 1.165) is 35.4 Å². The summed E-state index contributed by atoms with van der Waals surface area (Å²) in [5.41, 5.74) is 3.86. The summed E-state index contributed by atoms with van der Waals surface area (Å²) in [7, 11) is 0. The van der Waals surface area contributed by atoms with Gasteiger partial charge in [-0.15, -0.1) is 0 Å². The van der Waals surface area contributed by atoms with Crippen molar-refractivity contribution in [1.29, 1.82) is 0 Å². The molecule has 0 atom stereocenters. The summed E-state index contributed by atoms with van der Waals surface area (Å²) in [5, 5.41) is 8.49. The molecule has 22 heavy (non-hydrogen) atoms. The van der Waals surface area contributed by atoms with Gasteiger partial charge in [-0.1, -0.05) is 43.7 Å². The number of rotatable bonds is 3. The van der Waals surface area contributed by atoms with E-state index >= 15 is 0 Å². The molecule has 2 heterocycles. The number of carbonyl (C=O) groups is 1. The number of aryl methyl sites for hydroxylation is 1. The van der Waals surface area contributed by atoms with Crippen LogP contribution in [0.2, 0.25) is 0 Å². The predicted molar refractivity (Wildman–Crippen MR) is 84.8 cm³/mol. The van der Waals surface area contributed by atoms with Crippen molar-refractivity contribution in [2.75, 3.05) is 0 Å². The molecule has 0 radical (unpaired) electrons. The van der Waals surface area contributed by atoms with Crippen molar-refractivity contribution < 1.29 is 4.79 Å². The summed E-state index contributed by atoms with van der Waals surface area (Å²) in [6.07, 6.45) is 5.11. The number of nitrogens with zero attached hydrogens (tertiary/aromatic N) is 4. The summed E-state index contributed by atoms with van der Waals surface area (Å²) in [5.74, 6) is 0. The van der Waals surface area contributed by atoms with Gasteiger partial charge >= 0.3 is 6.03 Å². The molecule has 0 bridgehead atoms. The van der Waals surface area contributed by atoms with E-state index in [-0.39, 0.29) is 6.03 Å². The predicted octanol–water partition coefficient (Wildman–Crippen LogP) is 3.52. The maximum absolute atomic E-state index is 12.7. The van der Waals surface area contributed by atoms with Gasteiger partial charge in [0.2, 0.25) is 0 Å². The van der Waals surface area contributed by atoms with E-state index in [1.807, 2.05) is 37.3 Å². The van der Waals surface area contributed by atoms with Gasteiger partial charge in [0.05, 0.1) is 11.4 Å². The van der Waals surface area contributed by atoms with Crippen molar-refractivity contribution in [1.82, 2.24) is 19.6 Å². The van der Waals surface area contributed by atoms with Gasteiger partial charge in [-0.2, -0.15) is 19.6 Å². The van der Waals surface area contributed by atoms with Crippen molar-refractivity contribution in [3.05, 3.63) is 60.0 Å². The monoisotopic (exact) mass is 294 g/mol. The smallest absolute Gasteiger partial charge is 0.244 e. The van der Waals surface area contributed by atoms with E-state index in [0.29, 0.717) is 0 Å². The molecule has 0 aliphatic heterocycles. The normalized spacial score (nSPS) is 10.8. The Morgan fingerprint density at radius 1 is 1.18 bits per heavy atom. The fraction of sp³-hybridized carbons (Fsp3) is 0.235. The summed E-state index contributed by atoms with van der Waals surface area (Å²) < 4.78 is 2.76. The fourth-order valence-corrected chi connectivity index (χ4v) is 2.62. The van der Waals surface area contributed by atoms with E-state index in [1.165, 1.54) is 9.36 Å². The van der Waals surface area contributed by atoms with Crippen molar-refractivity contribution in [3.63, 3.8) is 0 Å². The fourth-order valence-electron chi connectivity index (χ4n) is 2.62. The first-order valence-corrected chi connectivity index (χ1v) is 7.40. The average Bonchev–Trinajstić information content (AvgIpc) is 3.17. The second-order valence-electron chi connectivity index (χ2n) is 5.17. The molecule has 0 spiro atoms. The maximum atomic E-state index is 12.7. The van der Waals surface area contributed by atoms with Gasteiger partial charge in [0.1, 0.15) is 0 Å². The van der Waals surface area contributed by atoms with Crippen LogP contribution in [0.4, 0.5) is 4.79 Å². The molecule has 0 N–H and O–H groups in total. The van der Waals surface area contributed by atoms with Gasteiger partial charge in [-0.3, -0.25) is 0 Å². The molecule has 112 valence electrons. The lowest BCUT2D eigenvalue weighted by Gasteiger charge is -2.08. The lowest BCUT2D eigenvalue weighted by atomic mass is 10.0. The van der Waals surface area contributed by atoms with Crippen molar-refractivity contribution in [2.45, 2.75) is 26.7 Å². The molecule has 0 saturated heterocycles. The van der Waals surface area contributed by atoms with Crippen LogP contribution >= 0.6 is 0 Å². The molecular formula is C17H18N4O. The Morgan fingerprint density at radius 3 is 2.59 bits per heavy atom. The van der Waals surface area contributed by atoms with Crippen molar-refractivity contribution in [3.8, 4) is 11.3 Å². The van der Waals surface area contributed by atoms with Crippen LogP contribution < -0.4 is 0 Å². The quantitative estimate of drug-likeness (QED) is 0.742. The highest BCUT2D eigenvalue weighted by Crippen LogP contribution is 2.27. The van der Waals surface area contributed by atoms with Crippen LogP contribution in [0.1, 0.15) is 24.6 Å². The van der Waals surface area contributed by atoms with Crippen molar-refractivity contribution >= 4 is 6.03 Å². The Hall–Kier alpha value is -2.69. The van der Waals surface area contributed by atoms with Gasteiger partial charge in [-0.05, 0) is 19.4 Å². The van der Waals surface area contributed by atoms with Gasteiger partial charge in [0, 0.05) is 23.5 Å². The largest absolute Gasteiger partial charge is 0.369 e. The molecule has 0 unspecified atom stereocenters. The zero-order chi connectivity index (χ0) is 15.5. The first-order valence-electron chi connectivity index (χ1n) is 7.40. The van der Waals surface area contributed by atoms with Crippen LogP contribution in [-0.2, 0) is 6.42 Å². The van der Waals surface area contributed by atoms with E-state index < -0.39 is 0 Å². The zero-order valence-electron chi connectivity index (χ0n) is 12.7. The molecule has 0 saturated carbocycles. The van der Waals surface area contributed by atoms with E-state index in [4.69, 9.17) is 0 Å². The summed E-state index contributed by atoms with van der Waals surface area (Å²) >= 11 is 0. The minimum absolute atomic E-state index is 0.269. The molecule has 3 aromatic rings. The lowest BCUT2D eigenvalue weighted by Crippen LogP contribution is -2.22. The molecule has 3 rings (SSSR count). The van der Waals surface area contributed by atoms with Gasteiger partial charge < -0.3 is 0 Å². The van der Waals surface area contributed by atoms with E-state index in [9.17, 15) is 4.79 Å².